The van der Waals surface area contributed by atoms with Crippen molar-refractivity contribution in [2.75, 3.05) is 0 Å². The Balaban J connectivity index is 2.36. The number of amides is 2. The first-order valence-electron chi connectivity index (χ1n) is 3.93. The molecule has 5 nitrogen and oxygen atoms in total. The van der Waals surface area contributed by atoms with Crippen LogP contribution in [0.25, 0.3) is 0 Å². The predicted octanol–water partition coefficient (Wildman–Crippen LogP) is -1.21. The lowest BCUT2D eigenvalue weighted by Crippen LogP contribution is -2.57. The summed E-state index contributed by atoms with van der Waals surface area (Å²) in [5.41, 5.74) is 10.6. The first-order chi connectivity index (χ1) is 6.20. The van der Waals surface area contributed by atoms with Crippen molar-refractivity contribution in [3.8, 4) is 0 Å². The van der Waals surface area contributed by atoms with Crippen molar-refractivity contribution in [1.82, 2.24) is 10.9 Å². The molecule has 13 heavy (non-hydrogen) atoms. The van der Waals surface area contributed by atoms with Crippen LogP contribution in [0.5, 0.6) is 0 Å². The highest BCUT2D eigenvalue weighted by molar-refractivity contribution is 5.96. The number of carbonyl (C=O) groups excluding carboxylic acids is 2. The second kappa shape index (κ2) is 2.62. The molecule has 0 radical (unpaired) electrons. The predicted molar refractivity (Wildman–Crippen MR) is 44.7 cm³/mol. The molecule has 1 saturated heterocycles. The first kappa shape index (κ1) is 7.85. The van der Waals surface area contributed by atoms with Crippen LogP contribution in [0.1, 0.15) is 0 Å². The lowest BCUT2D eigenvalue weighted by atomic mass is 9.83. The van der Waals surface area contributed by atoms with Crippen molar-refractivity contribution in [3.05, 3.63) is 23.9 Å². The Morgan fingerprint density at radius 2 is 1.92 bits per heavy atom. The molecule has 2 atom stereocenters. The lowest BCUT2D eigenvalue weighted by Gasteiger charge is -2.30. The Morgan fingerprint density at radius 3 is 2.62 bits per heavy atom. The Kier molecular flexibility index (Phi) is 1.58. The van der Waals surface area contributed by atoms with Gasteiger partial charge < -0.3 is 5.73 Å². The van der Waals surface area contributed by atoms with E-state index in [1.165, 1.54) is 0 Å². The molecule has 0 aromatic carbocycles. The van der Waals surface area contributed by atoms with Crippen LogP contribution in [0.4, 0.5) is 0 Å². The highest BCUT2D eigenvalue weighted by atomic mass is 16.2. The van der Waals surface area contributed by atoms with Gasteiger partial charge in [0.2, 0.25) is 11.8 Å². The quantitative estimate of drug-likeness (QED) is 0.436. The van der Waals surface area contributed by atoms with E-state index >= 15 is 0 Å². The fourth-order valence-electron chi connectivity index (χ4n) is 1.55. The maximum atomic E-state index is 11.3. The SMILES string of the molecule is NC1=CC=CC2C(=O)NNC(=O)C12. The van der Waals surface area contributed by atoms with Crippen LogP contribution in [-0.2, 0) is 9.59 Å². The number of hydrogen-bond acceptors (Lipinski definition) is 3. The highest BCUT2D eigenvalue weighted by Gasteiger charge is 2.38. The van der Waals surface area contributed by atoms with Gasteiger partial charge in [0.1, 0.15) is 0 Å². The summed E-state index contributed by atoms with van der Waals surface area (Å²) in [6.07, 6.45) is 5.00. The van der Waals surface area contributed by atoms with Crippen molar-refractivity contribution in [2.45, 2.75) is 0 Å². The zero-order valence-corrected chi connectivity index (χ0v) is 6.78. The summed E-state index contributed by atoms with van der Waals surface area (Å²) in [4.78, 5) is 22.6. The molecule has 2 unspecified atom stereocenters. The Labute approximate surface area is 74.6 Å². The molecule has 1 heterocycles. The third kappa shape index (κ3) is 1.09. The van der Waals surface area contributed by atoms with Gasteiger partial charge in [-0.25, -0.2) is 0 Å². The Bertz CT molecular complexity index is 332. The number of nitrogens with one attached hydrogen (secondary N) is 2. The number of rotatable bonds is 0. The fraction of sp³-hybridized carbons (Fsp3) is 0.250. The van der Waals surface area contributed by atoms with Gasteiger partial charge in [-0.1, -0.05) is 12.2 Å². The van der Waals surface area contributed by atoms with E-state index in [1.807, 2.05) is 0 Å². The molecule has 2 rings (SSSR count). The molecule has 1 fully saturated rings. The van der Waals surface area contributed by atoms with E-state index in [-0.39, 0.29) is 11.8 Å². The average Bonchev–Trinajstić information content (AvgIpc) is 2.12. The van der Waals surface area contributed by atoms with Gasteiger partial charge in [0.05, 0.1) is 11.8 Å². The molecule has 0 aromatic heterocycles. The van der Waals surface area contributed by atoms with E-state index in [0.29, 0.717) is 5.70 Å². The summed E-state index contributed by atoms with van der Waals surface area (Å²) >= 11 is 0. The van der Waals surface area contributed by atoms with Gasteiger partial charge in [0, 0.05) is 5.70 Å². The average molecular weight is 179 g/mol. The third-order valence-electron chi connectivity index (χ3n) is 2.22. The van der Waals surface area contributed by atoms with Crippen LogP contribution < -0.4 is 16.6 Å². The van der Waals surface area contributed by atoms with Crippen LogP contribution in [0.3, 0.4) is 0 Å². The van der Waals surface area contributed by atoms with Crippen LogP contribution in [0, 0.1) is 11.8 Å². The molecule has 0 aromatic rings. The van der Waals surface area contributed by atoms with Gasteiger partial charge in [-0.05, 0) is 6.08 Å². The molecular weight excluding hydrogens is 170 g/mol. The zero-order valence-electron chi connectivity index (χ0n) is 6.78. The van der Waals surface area contributed by atoms with E-state index in [9.17, 15) is 9.59 Å². The molecule has 68 valence electrons. The van der Waals surface area contributed by atoms with E-state index in [2.05, 4.69) is 10.9 Å². The fourth-order valence-corrected chi connectivity index (χ4v) is 1.55. The smallest absolute Gasteiger partial charge is 0.248 e. The minimum Gasteiger partial charge on any atom is -0.401 e. The van der Waals surface area contributed by atoms with Gasteiger partial charge >= 0.3 is 0 Å². The van der Waals surface area contributed by atoms with Crippen LogP contribution in [0.2, 0.25) is 0 Å². The molecule has 0 saturated carbocycles. The topological polar surface area (TPSA) is 84.2 Å². The summed E-state index contributed by atoms with van der Waals surface area (Å²) in [5, 5.41) is 0. The number of carbonyl (C=O) groups is 2. The van der Waals surface area contributed by atoms with Gasteiger partial charge in [-0.3, -0.25) is 20.4 Å². The summed E-state index contributed by atoms with van der Waals surface area (Å²) in [6, 6.07) is 0. The summed E-state index contributed by atoms with van der Waals surface area (Å²) in [5.74, 6) is -1.49. The molecule has 1 aliphatic carbocycles. The molecule has 1 aliphatic heterocycles. The molecular formula is C8H9N3O2. The maximum Gasteiger partial charge on any atom is 0.248 e. The van der Waals surface area contributed by atoms with Gasteiger partial charge in [0.15, 0.2) is 0 Å². The molecule has 0 spiro atoms. The molecule has 5 heteroatoms. The minimum absolute atomic E-state index is 0.225. The van der Waals surface area contributed by atoms with Crippen molar-refractivity contribution < 1.29 is 9.59 Å². The number of hydrazine groups is 1. The van der Waals surface area contributed by atoms with E-state index < -0.39 is 11.8 Å². The summed E-state index contributed by atoms with van der Waals surface area (Å²) in [6.45, 7) is 0. The number of hydrogen-bond donors (Lipinski definition) is 3. The van der Waals surface area contributed by atoms with Crippen LogP contribution >= 0.6 is 0 Å². The zero-order chi connectivity index (χ0) is 9.42. The largest absolute Gasteiger partial charge is 0.401 e. The Morgan fingerprint density at radius 1 is 1.23 bits per heavy atom. The van der Waals surface area contributed by atoms with Crippen LogP contribution in [0.15, 0.2) is 23.9 Å². The molecule has 0 bridgehead atoms. The standard InChI is InChI=1S/C8H9N3O2/c9-5-3-1-2-4-6(5)8(13)11-10-7(4)12/h1-4,6H,9H2,(H,10,12)(H,11,13). The van der Waals surface area contributed by atoms with Crippen molar-refractivity contribution in [2.24, 2.45) is 17.6 Å². The second-order valence-electron chi connectivity index (χ2n) is 3.03. The van der Waals surface area contributed by atoms with Crippen molar-refractivity contribution >= 4 is 11.8 Å². The van der Waals surface area contributed by atoms with Gasteiger partial charge in [-0.15, -0.1) is 0 Å². The third-order valence-corrected chi connectivity index (χ3v) is 2.22. The lowest BCUT2D eigenvalue weighted by molar-refractivity contribution is -0.140. The van der Waals surface area contributed by atoms with Crippen molar-refractivity contribution in [1.29, 1.82) is 0 Å². The molecule has 4 N–H and O–H groups in total. The van der Waals surface area contributed by atoms with E-state index in [4.69, 9.17) is 5.73 Å². The number of allylic oxidation sites excluding steroid dienone is 2. The van der Waals surface area contributed by atoms with Gasteiger partial charge in [-0.2, -0.15) is 0 Å². The number of nitrogens with two attached hydrogens (primary N) is 1. The maximum absolute atomic E-state index is 11.3. The molecule has 2 amide bonds. The van der Waals surface area contributed by atoms with E-state index in [1.54, 1.807) is 18.2 Å². The number of fused-ring (bicyclic) bond motifs is 1. The highest BCUT2D eigenvalue weighted by Crippen LogP contribution is 2.25. The summed E-state index contributed by atoms with van der Waals surface area (Å²) in [7, 11) is 0. The second-order valence-corrected chi connectivity index (χ2v) is 3.03. The minimum atomic E-state index is -0.543. The molecule has 2 aliphatic rings. The first-order valence-corrected chi connectivity index (χ1v) is 3.93. The van der Waals surface area contributed by atoms with Crippen LogP contribution in [-0.4, -0.2) is 11.8 Å². The monoisotopic (exact) mass is 179 g/mol. The Hall–Kier alpha value is -1.78. The van der Waals surface area contributed by atoms with Gasteiger partial charge in [0.25, 0.3) is 0 Å². The van der Waals surface area contributed by atoms with Crippen molar-refractivity contribution in [3.63, 3.8) is 0 Å². The van der Waals surface area contributed by atoms with E-state index in [0.717, 1.165) is 0 Å². The normalized spacial score (nSPS) is 31.5. The summed E-state index contributed by atoms with van der Waals surface area (Å²) < 4.78 is 0.